The van der Waals surface area contributed by atoms with Crippen molar-refractivity contribution in [3.8, 4) is 0 Å². The van der Waals surface area contributed by atoms with E-state index in [9.17, 15) is 22.8 Å². The highest BCUT2D eigenvalue weighted by atomic mass is 19.2. The van der Waals surface area contributed by atoms with E-state index < -0.39 is 49.3 Å². The van der Waals surface area contributed by atoms with E-state index >= 15 is 0 Å². The smallest absolute Gasteiger partial charge is 0.273 e. The van der Waals surface area contributed by atoms with Crippen LogP contribution in [-0.4, -0.2) is 40.6 Å². The van der Waals surface area contributed by atoms with Gasteiger partial charge in [0.15, 0.2) is 11.9 Å². The highest BCUT2D eigenvalue weighted by Crippen LogP contribution is 2.25. The Labute approximate surface area is 183 Å². The summed E-state index contributed by atoms with van der Waals surface area (Å²) in [6, 6.07) is 13.3. The summed E-state index contributed by atoms with van der Waals surface area (Å²) < 4.78 is 41.6. The molecule has 9 heteroatoms. The van der Waals surface area contributed by atoms with Gasteiger partial charge in [-0.1, -0.05) is 30.3 Å². The fourth-order valence-electron chi connectivity index (χ4n) is 3.48. The Balaban J connectivity index is 1.90. The number of carbonyl (C=O) groups excluding carboxylic acids is 2. The molecule has 2 atom stereocenters. The van der Waals surface area contributed by atoms with Crippen molar-refractivity contribution in [2.45, 2.75) is 44.7 Å². The van der Waals surface area contributed by atoms with Gasteiger partial charge in [0.25, 0.3) is 5.91 Å². The molecule has 170 valence electrons. The van der Waals surface area contributed by atoms with E-state index in [1.54, 1.807) is 62.4 Å². The second kappa shape index (κ2) is 9.42. The van der Waals surface area contributed by atoms with Gasteiger partial charge in [-0.25, -0.2) is 8.78 Å². The number of hydrogen-bond acceptors (Lipinski definition) is 3. The fraction of sp³-hybridized carbons (Fsp3) is 0.348. The van der Waals surface area contributed by atoms with Crippen LogP contribution in [0.5, 0.6) is 0 Å². The molecule has 2 amide bonds. The van der Waals surface area contributed by atoms with Gasteiger partial charge >= 0.3 is 0 Å². The summed E-state index contributed by atoms with van der Waals surface area (Å²) in [6.07, 6.45) is -4.46. The first-order valence-corrected chi connectivity index (χ1v) is 10.2. The molecule has 3 rings (SSSR count). The molecular weight excluding hydrogens is 421 g/mol. The third-order valence-electron chi connectivity index (χ3n) is 5.29. The van der Waals surface area contributed by atoms with Gasteiger partial charge in [0.1, 0.15) is 6.17 Å². The first-order valence-electron chi connectivity index (χ1n) is 10.2. The minimum atomic E-state index is -1.96. The maximum absolute atomic E-state index is 14.3. The number of benzene rings is 2. The average molecular weight is 446 g/mol. The number of halogens is 3. The number of para-hydroxylation sites is 1. The number of amides is 2. The van der Waals surface area contributed by atoms with Crippen molar-refractivity contribution in [1.82, 2.24) is 15.1 Å². The lowest BCUT2D eigenvalue weighted by Gasteiger charge is -2.27. The number of alkyl halides is 3. The van der Waals surface area contributed by atoms with Crippen molar-refractivity contribution in [3.05, 3.63) is 65.4 Å². The molecule has 2 aromatic carbocycles. The molecule has 0 bridgehead atoms. The first-order chi connectivity index (χ1) is 15.1. The van der Waals surface area contributed by atoms with Crippen LogP contribution in [0.25, 0.3) is 10.9 Å². The Kier molecular flexibility index (Phi) is 6.86. The molecule has 3 aromatic rings. The van der Waals surface area contributed by atoms with Crippen molar-refractivity contribution in [2.75, 3.05) is 6.67 Å². The van der Waals surface area contributed by atoms with Crippen molar-refractivity contribution >= 4 is 22.7 Å². The number of hydrogen-bond donors (Lipinski definition) is 2. The summed E-state index contributed by atoms with van der Waals surface area (Å²) in [6.45, 7) is 2.11. The highest BCUT2D eigenvalue weighted by molar-refractivity contribution is 6.05. The molecule has 1 aromatic heterocycles. The SMILES string of the molecule is CC(C)(NC(=O)c1nn(CC(F)C(F)CCF)c2ccccc12)c1cccc(C(N)=O)c1. The second-order valence-corrected chi connectivity index (χ2v) is 8.08. The lowest BCUT2D eigenvalue weighted by atomic mass is 9.92. The van der Waals surface area contributed by atoms with Crippen LogP contribution in [0, 0.1) is 0 Å². The molecule has 0 saturated carbocycles. The number of fused-ring (bicyclic) bond motifs is 1. The third kappa shape index (κ3) is 4.92. The Morgan fingerprint density at radius 2 is 1.84 bits per heavy atom. The molecule has 32 heavy (non-hydrogen) atoms. The number of aromatic nitrogens is 2. The maximum atomic E-state index is 14.3. The van der Waals surface area contributed by atoms with E-state index in [0.29, 0.717) is 22.0 Å². The van der Waals surface area contributed by atoms with Gasteiger partial charge in [-0.15, -0.1) is 0 Å². The molecule has 0 fully saturated rings. The summed E-state index contributed by atoms with van der Waals surface area (Å²) >= 11 is 0. The number of carbonyl (C=O) groups is 2. The van der Waals surface area contributed by atoms with Crippen LogP contribution >= 0.6 is 0 Å². The van der Waals surface area contributed by atoms with Gasteiger partial charge in [-0.2, -0.15) is 5.10 Å². The first kappa shape index (κ1) is 23.3. The van der Waals surface area contributed by atoms with Crippen molar-refractivity contribution in [3.63, 3.8) is 0 Å². The lowest BCUT2D eigenvalue weighted by molar-refractivity contribution is 0.0905. The van der Waals surface area contributed by atoms with Gasteiger partial charge in [0, 0.05) is 17.4 Å². The molecule has 0 aliphatic heterocycles. The van der Waals surface area contributed by atoms with E-state index in [2.05, 4.69) is 10.4 Å². The molecule has 3 N–H and O–H groups in total. The maximum Gasteiger partial charge on any atom is 0.273 e. The van der Waals surface area contributed by atoms with Crippen LogP contribution in [0.1, 0.15) is 46.7 Å². The van der Waals surface area contributed by atoms with E-state index in [1.807, 2.05) is 0 Å². The van der Waals surface area contributed by atoms with Gasteiger partial charge in [-0.3, -0.25) is 18.7 Å². The summed E-state index contributed by atoms with van der Waals surface area (Å²) in [7, 11) is 0. The number of nitrogens with one attached hydrogen (secondary N) is 1. The van der Waals surface area contributed by atoms with Crippen molar-refractivity contribution in [1.29, 1.82) is 0 Å². The summed E-state index contributed by atoms with van der Waals surface area (Å²) in [5.41, 5.74) is 5.93. The van der Waals surface area contributed by atoms with Crippen molar-refractivity contribution < 1.29 is 22.8 Å². The number of nitrogens with two attached hydrogens (primary N) is 1. The quantitative estimate of drug-likeness (QED) is 0.523. The Morgan fingerprint density at radius 1 is 1.12 bits per heavy atom. The average Bonchev–Trinajstić information content (AvgIpc) is 3.12. The lowest BCUT2D eigenvalue weighted by Crippen LogP contribution is -2.41. The molecule has 1 heterocycles. The monoisotopic (exact) mass is 446 g/mol. The molecule has 0 spiro atoms. The topological polar surface area (TPSA) is 90.0 Å². The summed E-state index contributed by atoms with van der Waals surface area (Å²) in [4.78, 5) is 24.6. The van der Waals surface area contributed by atoms with Crippen LogP contribution in [0.2, 0.25) is 0 Å². The molecular formula is C23H25F3N4O2. The molecule has 0 radical (unpaired) electrons. The Morgan fingerprint density at radius 3 is 2.53 bits per heavy atom. The fourth-order valence-corrected chi connectivity index (χ4v) is 3.48. The molecule has 0 aliphatic rings. The van der Waals surface area contributed by atoms with Crippen molar-refractivity contribution in [2.24, 2.45) is 5.73 Å². The normalized spacial score (nSPS) is 13.7. The largest absolute Gasteiger partial charge is 0.366 e. The molecule has 2 unspecified atom stereocenters. The predicted molar refractivity (Wildman–Crippen MR) is 116 cm³/mol. The standard InChI is InChI=1S/C23H25F3N4O2/c1-23(2,15-7-5-6-14(12-15)21(27)31)28-22(32)20-16-8-3-4-9-19(16)30(29-20)13-18(26)17(25)10-11-24/h3-9,12,17-18H,10-11,13H2,1-2H3,(H2,27,31)(H,28,32). The number of primary amides is 1. The van der Waals surface area contributed by atoms with Gasteiger partial charge in [0.2, 0.25) is 5.91 Å². The number of rotatable bonds is 9. The van der Waals surface area contributed by atoms with Crippen LogP contribution in [-0.2, 0) is 12.1 Å². The van der Waals surface area contributed by atoms with Crippen LogP contribution in [0.15, 0.2) is 48.5 Å². The van der Waals surface area contributed by atoms with Gasteiger partial charge < -0.3 is 11.1 Å². The Hall–Kier alpha value is -3.36. The zero-order valence-electron chi connectivity index (χ0n) is 17.8. The zero-order valence-corrected chi connectivity index (χ0v) is 17.8. The van der Waals surface area contributed by atoms with E-state index in [-0.39, 0.29) is 5.69 Å². The molecule has 0 aliphatic carbocycles. The molecule has 6 nitrogen and oxygen atoms in total. The minimum Gasteiger partial charge on any atom is -0.366 e. The van der Waals surface area contributed by atoms with Crippen LogP contribution in [0.3, 0.4) is 0 Å². The Bertz CT molecular complexity index is 1130. The molecule has 0 saturated heterocycles. The van der Waals surface area contributed by atoms with E-state index in [4.69, 9.17) is 5.73 Å². The van der Waals surface area contributed by atoms with Crippen LogP contribution < -0.4 is 11.1 Å². The summed E-state index contributed by atoms with van der Waals surface area (Å²) in [5.74, 6) is -1.11. The zero-order chi connectivity index (χ0) is 23.5. The highest BCUT2D eigenvalue weighted by Gasteiger charge is 2.28. The van der Waals surface area contributed by atoms with E-state index in [1.165, 1.54) is 4.68 Å². The number of nitrogens with zero attached hydrogens (tertiary/aromatic N) is 2. The predicted octanol–water partition coefficient (Wildman–Crippen LogP) is 3.84. The third-order valence-corrected chi connectivity index (χ3v) is 5.29. The van der Waals surface area contributed by atoms with Gasteiger partial charge in [-0.05, 0) is 37.6 Å². The minimum absolute atomic E-state index is 0.0489. The summed E-state index contributed by atoms with van der Waals surface area (Å²) in [5, 5.41) is 7.57. The van der Waals surface area contributed by atoms with Gasteiger partial charge in [0.05, 0.1) is 24.3 Å². The van der Waals surface area contributed by atoms with E-state index in [0.717, 1.165) is 0 Å². The second-order valence-electron chi connectivity index (χ2n) is 8.08. The van der Waals surface area contributed by atoms with Crippen LogP contribution in [0.4, 0.5) is 13.2 Å².